The highest BCUT2D eigenvalue weighted by atomic mass is 32.2. The van der Waals surface area contributed by atoms with Gasteiger partial charge in [0.2, 0.25) is 10.0 Å². The van der Waals surface area contributed by atoms with Gasteiger partial charge in [0.25, 0.3) is 0 Å². The van der Waals surface area contributed by atoms with Crippen LogP contribution in [0.15, 0.2) is 17.3 Å². The zero-order valence-electron chi connectivity index (χ0n) is 12.2. The van der Waals surface area contributed by atoms with Gasteiger partial charge in [-0.1, -0.05) is 0 Å². The Morgan fingerprint density at radius 2 is 2.19 bits per heavy atom. The van der Waals surface area contributed by atoms with Gasteiger partial charge in [-0.2, -0.15) is 5.10 Å². The second-order valence-electron chi connectivity index (χ2n) is 5.16. The predicted molar refractivity (Wildman–Crippen MR) is 78.3 cm³/mol. The van der Waals surface area contributed by atoms with Crippen molar-refractivity contribution in [3.8, 4) is 0 Å². The highest BCUT2D eigenvalue weighted by Gasteiger charge is 2.21. The Labute approximate surface area is 125 Å². The third-order valence-corrected chi connectivity index (χ3v) is 4.81. The van der Waals surface area contributed by atoms with Gasteiger partial charge in [0, 0.05) is 38.4 Å². The minimum atomic E-state index is -3.54. The second-order valence-corrected chi connectivity index (χ2v) is 6.88. The molecule has 1 saturated heterocycles. The van der Waals surface area contributed by atoms with Crippen molar-refractivity contribution in [1.29, 1.82) is 0 Å². The Kier molecular flexibility index (Phi) is 5.71. The molecule has 8 nitrogen and oxygen atoms in total. The Balaban J connectivity index is 1.92. The van der Waals surface area contributed by atoms with Crippen LogP contribution in [0.5, 0.6) is 0 Å². The van der Waals surface area contributed by atoms with Crippen LogP contribution >= 0.6 is 0 Å². The lowest BCUT2D eigenvalue weighted by Crippen LogP contribution is -2.45. The molecule has 0 bridgehead atoms. The number of morpholine rings is 1. The summed E-state index contributed by atoms with van der Waals surface area (Å²) in [7, 11) is -3.54. The summed E-state index contributed by atoms with van der Waals surface area (Å²) in [6.07, 6.45) is 2.84. The molecule has 2 heterocycles. The van der Waals surface area contributed by atoms with Crippen LogP contribution in [0.1, 0.15) is 6.92 Å². The van der Waals surface area contributed by atoms with Gasteiger partial charge in [0.15, 0.2) is 0 Å². The maximum atomic E-state index is 12.3. The van der Waals surface area contributed by atoms with Crippen LogP contribution in [-0.2, 0) is 21.3 Å². The summed E-state index contributed by atoms with van der Waals surface area (Å²) in [6.45, 7) is 6.51. The highest BCUT2D eigenvalue weighted by Crippen LogP contribution is 2.08. The van der Waals surface area contributed by atoms with Gasteiger partial charge < -0.3 is 10.5 Å². The van der Waals surface area contributed by atoms with E-state index in [-0.39, 0.29) is 10.9 Å². The molecule has 1 atom stereocenters. The Bertz CT molecular complexity index is 539. The maximum Gasteiger partial charge on any atom is 0.243 e. The largest absolute Gasteiger partial charge is 0.379 e. The molecule has 0 radical (unpaired) electrons. The summed E-state index contributed by atoms with van der Waals surface area (Å²) in [5, 5.41) is 3.99. The van der Waals surface area contributed by atoms with E-state index in [1.807, 2.05) is 6.92 Å². The number of hydrogen-bond acceptors (Lipinski definition) is 6. The summed E-state index contributed by atoms with van der Waals surface area (Å²) >= 11 is 0. The summed E-state index contributed by atoms with van der Waals surface area (Å²) in [6, 6.07) is -0.175. The van der Waals surface area contributed by atoms with E-state index in [1.165, 1.54) is 17.1 Å². The van der Waals surface area contributed by atoms with E-state index in [9.17, 15) is 8.42 Å². The zero-order valence-corrected chi connectivity index (χ0v) is 13.1. The fraction of sp³-hybridized carbons (Fsp3) is 0.750. The number of ether oxygens (including phenoxy) is 1. The molecule has 1 fully saturated rings. The molecular formula is C12H23N5O3S. The number of sulfonamides is 1. The molecule has 0 saturated carbocycles. The van der Waals surface area contributed by atoms with E-state index in [2.05, 4.69) is 14.7 Å². The van der Waals surface area contributed by atoms with E-state index in [0.717, 1.165) is 13.1 Å². The van der Waals surface area contributed by atoms with Crippen LogP contribution in [0, 0.1) is 0 Å². The predicted octanol–water partition coefficient (Wildman–Crippen LogP) is -1.16. The molecule has 0 amide bonds. The maximum absolute atomic E-state index is 12.3. The Morgan fingerprint density at radius 3 is 2.86 bits per heavy atom. The van der Waals surface area contributed by atoms with Crippen LogP contribution < -0.4 is 10.5 Å². The third-order valence-electron chi connectivity index (χ3n) is 3.27. The van der Waals surface area contributed by atoms with Crippen LogP contribution in [0.2, 0.25) is 0 Å². The number of nitrogens with zero attached hydrogens (tertiary/aromatic N) is 3. The van der Waals surface area contributed by atoms with Crippen molar-refractivity contribution in [1.82, 2.24) is 19.4 Å². The normalized spacial score (nSPS) is 18.8. The average Bonchev–Trinajstić information content (AvgIpc) is 2.89. The van der Waals surface area contributed by atoms with Crippen LogP contribution in [0.3, 0.4) is 0 Å². The summed E-state index contributed by atoms with van der Waals surface area (Å²) in [5.41, 5.74) is 5.42. The molecule has 1 unspecified atom stereocenters. The molecule has 1 aromatic heterocycles. The van der Waals surface area contributed by atoms with E-state index in [0.29, 0.717) is 32.8 Å². The summed E-state index contributed by atoms with van der Waals surface area (Å²) < 4.78 is 34.0. The first-order valence-corrected chi connectivity index (χ1v) is 8.54. The summed E-state index contributed by atoms with van der Waals surface area (Å²) in [4.78, 5) is 2.36. The van der Waals surface area contributed by atoms with Crippen molar-refractivity contribution < 1.29 is 13.2 Å². The molecule has 0 spiro atoms. The third kappa shape index (κ3) is 4.75. The molecule has 1 aromatic rings. The van der Waals surface area contributed by atoms with Crippen molar-refractivity contribution in [2.24, 2.45) is 5.73 Å². The van der Waals surface area contributed by atoms with Crippen molar-refractivity contribution in [2.45, 2.75) is 24.4 Å². The first-order valence-electron chi connectivity index (χ1n) is 7.06. The van der Waals surface area contributed by atoms with Crippen molar-refractivity contribution in [2.75, 3.05) is 39.4 Å². The van der Waals surface area contributed by atoms with Crippen molar-refractivity contribution >= 4 is 10.0 Å². The lowest BCUT2D eigenvalue weighted by atomic mass is 10.3. The van der Waals surface area contributed by atoms with Gasteiger partial charge in [0.1, 0.15) is 4.90 Å². The number of aromatic nitrogens is 2. The van der Waals surface area contributed by atoms with Gasteiger partial charge >= 0.3 is 0 Å². The standard InChI is InChI=1S/C12H23N5O3S/c1-11(9-16-4-6-20-7-5-16)15-21(18,19)12-8-14-17(10-12)3-2-13/h8,10-11,15H,2-7,9,13H2,1H3. The lowest BCUT2D eigenvalue weighted by molar-refractivity contribution is 0.0354. The fourth-order valence-corrected chi connectivity index (χ4v) is 3.47. The smallest absolute Gasteiger partial charge is 0.243 e. The Hall–Kier alpha value is -1.00. The number of nitrogens with two attached hydrogens (primary N) is 1. The molecule has 1 aliphatic rings. The van der Waals surface area contributed by atoms with Crippen LogP contribution in [-0.4, -0.2) is 68.5 Å². The lowest BCUT2D eigenvalue weighted by Gasteiger charge is -2.29. The SMILES string of the molecule is CC(CN1CCOCC1)NS(=O)(=O)c1cnn(CCN)c1. The van der Waals surface area contributed by atoms with Crippen LogP contribution in [0.4, 0.5) is 0 Å². The fourth-order valence-electron chi connectivity index (χ4n) is 2.28. The molecule has 9 heteroatoms. The summed E-state index contributed by atoms with van der Waals surface area (Å²) in [5.74, 6) is 0. The average molecular weight is 317 g/mol. The molecule has 2 rings (SSSR count). The first-order chi connectivity index (χ1) is 10.0. The molecule has 0 aliphatic carbocycles. The number of rotatable bonds is 7. The van der Waals surface area contributed by atoms with E-state index in [4.69, 9.17) is 10.5 Å². The Morgan fingerprint density at radius 1 is 1.48 bits per heavy atom. The van der Waals surface area contributed by atoms with E-state index in [1.54, 1.807) is 0 Å². The van der Waals surface area contributed by atoms with Crippen molar-refractivity contribution in [3.63, 3.8) is 0 Å². The highest BCUT2D eigenvalue weighted by molar-refractivity contribution is 7.89. The first kappa shape index (κ1) is 16.4. The molecule has 21 heavy (non-hydrogen) atoms. The minimum absolute atomic E-state index is 0.171. The monoisotopic (exact) mass is 317 g/mol. The zero-order chi connectivity index (χ0) is 15.3. The van der Waals surface area contributed by atoms with Gasteiger partial charge in [-0.05, 0) is 6.92 Å². The van der Waals surface area contributed by atoms with Gasteiger partial charge in [-0.3, -0.25) is 9.58 Å². The quantitative estimate of drug-likeness (QED) is 0.658. The molecule has 1 aliphatic heterocycles. The second kappa shape index (κ2) is 7.32. The van der Waals surface area contributed by atoms with Crippen LogP contribution in [0.25, 0.3) is 0 Å². The topological polar surface area (TPSA) is 102 Å². The van der Waals surface area contributed by atoms with Gasteiger partial charge in [-0.25, -0.2) is 13.1 Å². The molecular weight excluding hydrogens is 294 g/mol. The van der Waals surface area contributed by atoms with Gasteiger partial charge in [-0.15, -0.1) is 0 Å². The van der Waals surface area contributed by atoms with E-state index < -0.39 is 10.0 Å². The van der Waals surface area contributed by atoms with E-state index >= 15 is 0 Å². The van der Waals surface area contributed by atoms with Gasteiger partial charge in [0.05, 0.1) is 26.0 Å². The minimum Gasteiger partial charge on any atom is -0.379 e. The number of nitrogens with one attached hydrogen (secondary N) is 1. The molecule has 3 N–H and O–H groups in total. The number of hydrogen-bond donors (Lipinski definition) is 2. The molecule has 0 aromatic carbocycles. The molecule has 120 valence electrons. The van der Waals surface area contributed by atoms with Crippen molar-refractivity contribution in [3.05, 3.63) is 12.4 Å².